The van der Waals surface area contributed by atoms with E-state index in [1.165, 1.54) is 16.2 Å². The summed E-state index contributed by atoms with van der Waals surface area (Å²) < 4.78 is 7.15. The number of halogens is 1. The number of amides is 2. The summed E-state index contributed by atoms with van der Waals surface area (Å²) in [6, 6.07) is 5.75. The number of nitrogens with zero attached hydrogens (tertiary/aromatic N) is 3. The lowest BCUT2D eigenvalue weighted by Crippen LogP contribution is -2.35. The Labute approximate surface area is 200 Å². The molecule has 3 aromatic heterocycles. The van der Waals surface area contributed by atoms with Crippen molar-refractivity contribution in [3.63, 3.8) is 0 Å². The Hall–Kier alpha value is -2.55. The van der Waals surface area contributed by atoms with Gasteiger partial charge < -0.3 is 10.1 Å². The third kappa shape index (κ3) is 3.34. The van der Waals surface area contributed by atoms with E-state index in [-0.39, 0.29) is 41.7 Å². The molecule has 1 N–H and O–H groups in total. The normalized spacial score (nSPS) is 25.7. The summed E-state index contributed by atoms with van der Waals surface area (Å²) in [7, 11) is 0. The van der Waals surface area contributed by atoms with Crippen LogP contribution in [0.2, 0.25) is 5.02 Å². The molecule has 33 heavy (non-hydrogen) atoms. The Bertz CT molecular complexity index is 1280. The molecule has 3 atom stereocenters. The second-order valence-corrected chi connectivity index (χ2v) is 11.1. The molecule has 2 aliphatic heterocycles. The molecule has 3 unspecified atom stereocenters. The second-order valence-electron chi connectivity index (χ2n) is 9.56. The fourth-order valence-corrected chi connectivity index (χ4v) is 6.48. The molecular weight excluding hydrogens is 460 g/mol. The third-order valence-corrected chi connectivity index (χ3v) is 8.42. The number of imide groups is 1. The number of ether oxygens (including phenoxy) is 1. The number of thiophene rings is 1. The van der Waals surface area contributed by atoms with Gasteiger partial charge in [-0.05, 0) is 36.6 Å². The number of rotatable bonds is 5. The van der Waals surface area contributed by atoms with Crippen LogP contribution in [0.5, 0.6) is 5.88 Å². The van der Waals surface area contributed by atoms with Gasteiger partial charge in [-0.25, -0.2) is 4.98 Å². The lowest BCUT2D eigenvalue weighted by atomic mass is 10.1. The monoisotopic (exact) mass is 482 g/mol. The Morgan fingerprint density at radius 2 is 2.00 bits per heavy atom. The summed E-state index contributed by atoms with van der Waals surface area (Å²) in [4.78, 5) is 36.9. The number of pyridine rings is 2. The summed E-state index contributed by atoms with van der Waals surface area (Å²) in [6.45, 7) is 5.98. The average Bonchev–Trinajstić information content (AvgIpc) is 3.23. The van der Waals surface area contributed by atoms with E-state index in [0.717, 1.165) is 45.7 Å². The van der Waals surface area contributed by atoms with E-state index in [2.05, 4.69) is 15.3 Å². The molecule has 0 spiro atoms. The number of hydrogen-bond acceptors (Lipinski definition) is 7. The zero-order chi connectivity index (χ0) is 22.9. The molecule has 3 fully saturated rings. The number of hydrogen-bond donors (Lipinski definition) is 1. The molecule has 6 rings (SSSR count). The standard InChI is InChI=1S/C24H23ClN4O3S/c1-24(2)18-19(24)23(31)29(22(18)30)11-14-8-17-20(33-14)15(4-6-27-17)16-7-12(25)9-28-21(16)32-13-3-5-26-10-13/h4,6-9,13,18-19,26H,3,5,10-11H2,1-2H3. The summed E-state index contributed by atoms with van der Waals surface area (Å²) >= 11 is 7.84. The lowest BCUT2D eigenvalue weighted by Gasteiger charge is -2.19. The van der Waals surface area contributed by atoms with E-state index in [9.17, 15) is 9.59 Å². The van der Waals surface area contributed by atoms with Crippen molar-refractivity contribution >= 4 is 45.0 Å². The maximum atomic E-state index is 12.8. The van der Waals surface area contributed by atoms with Crippen LogP contribution in [-0.4, -0.2) is 45.9 Å². The van der Waals surface area contributed by atoms with E-state index in [4.69, 9.17) is 16.3 Å². The SMILES string of the molecule is CC1(C)C2C(=O)N(Cc3cc4nccc(-c5cc(Cl)cnc5OC5CCNC5)c4s3)C(=O)C21. The number of likely N-dealkylation sites (tertiary alicyclic amines) is 1. The van der Waals surface area contributed by atoms with Crippen LogP contribution in [-0.2, 0) is 16.1 Å². The van der Waals surface area contributed by atoms with Gasteiger partial charge in [0.2, 0.25) is 17.7 Å². The molecule has 3 aromatic rings. The quantitative estimate of drug-likeness (QED) is 0.555. The van der Waals surface area contributed by atoms with E-state index in [1.54, 1.807) is 12.4 Å². The maximum absolute atomic E-state index is 12.8. The summed E-state index contributed by atoms with van der Waals surface area (Å²) in [5.41, 5.74) is 2.34. The zero-order valence-electron chi connectivity index (χ0n) is 18.3. The topological polar surface area (TPSA) is 84.4 Å². The number of carbonyl (C=O) groups is 2. The van der Waals surface area contributed by atoms with Crippen LogP contribution < -0.4 is 10.1 Å². The van der Waals surface area contributed by atoms with Crippen LogP contribution in [0, 0.1) is 17.3 Å². The first-order valence-electron chi connectivity index (χ1n) is 11.1. The molecule has 1 aliphatic carbocycles. The fourth-order valence-electron chi connectivity index (χ4n) is 5.19. The van der Waals surface area contributed by atoms with Crippen LogP contribution in [0.1, 0.15) is 25.1 Å². The zero-order valence-corrected chi connectivity index (χ0v) is 19.9. The van der Waals surface area contributed by atoms with Gasteiger partial charge in [0.25, 0.3) is 0 Å². The van der Waals surface area contributed by atoms with Gasteiger partial charge in [0.15, 0.2) is 0 Å². The number of fused-ring (bicyclic) bond motifs is 2. The van der Waals surface area contributed by atoms with Gasteiger partial charge in [-0.2, -0.15) is 0 Å². The van der Waals surface area contributed by atoms with E-state index in [1.807, 2.05) is 32.0 Å². The highest BCUT2D eigenvalue weighted by molar-refractivity contribution is 7.19. The Morgan fingerprint density at radius 1 is 1.21 bits per heavy atom. The molecule has 0 bridgehead atoms. The predicted octanol–water partition coefficient (Wildman–Crippen LogP) is 3.89. The Morgan fingerprint density at radius 3 is 2.73 bits per heavy atom. The molecule has 1 saturated carbocycles. The minimum Gasteiger partial charge on any atom is -0.473 e. The number of piperidine rings is 1. The molecular formula is C24H23ClN4O3S. The summed E-state index contributed by atoms with van der Waals surface area (Å²) in [5, 5.41) is 3.83. The Kier molecular flexibility index (Phi) is 4.76. The van der Waals surface area contributed by atoms with Crippen LogP contribution in [0.4, 0.5) is 0 Å². The van der Waals surface area contributed by atoms with Crippen molar-refractivity contribution in [2.45, 2.75) is 32.9 Å². The maximum Gasteiger partial charge on any atom is 0.234 e. The van der Waals surface area contributed by atoms with Crippen molar-refractivity contribution in [3.05, 3.63) is 40.5 Å². The highest BCUT2D eigenvalue weighted by Crippen LogP contribution is 2.63. The molecule has 7 nitrogen and oxygen atoms in total. The van der Waals surface area contributed by atoms with Crippen LogP contribution in [0.3, 0.4) is 0 Å². The molecule has 9 heteroatoms. The van der Waals surface area contributed by atoms with Crippen molar-refractivity contribution in [1.29, 1.82) is 0 Å². The van der Waals surface area contributed by atoms with Gasteiger partial charge in [0, 0.05) is 34.9 Å². The van der Waals surface area contributed by atoms with E-state index >= 15 is 0 Å². The number of aromatic nitrogens is 2. The predicted molar refractivity (Wildman–Crippen MR) is 126 cm³/mol. The van der Waals surface area contributed by atoms with Gasteiger partial charge in [0.1, 0.15) is 6.10 Å². The van der Waals surface area contributed by atoms with Crippen molar-refractivity contribution in [1.82, 2.24) is 20.2 Å². The van der Waals surface area contributed by atoms with E-state index < -0.39 is 0 Å². The molecule has 3 aliphatic rings. The van der Waals surface area contributed by atoms with Gasteiger partial charge >= 0.3 is 0 Å². The van der Waals surface area contributed by atoms with E-state index in [0.29, 0.717) is 10.9 Å². The number of carbonyl (C=O) groups excluding carboxylic acids is 2. The first-order chi connectivity index (χ1) is 15.8. The molecule has 2 amide bonds. The molecule has 2 saturated heterocycles. The minimum atomic E-state index is -0.204. The average molecular weight is 483 g/mol. The Balaban J connectivity index is 1.34. The van der Waals surface area contributed by atoms with Crippen LogP contribution >= 0.6 is 22.9 Å². The minimum absolute atomic E-state index is 0.0551. The highest BCUT2D eigenvalue weighted by atomic mass is 35.5. The summed E-state index contributed by atoms with van der Waals surface area (Å²) in [6.07, 6.45) is 4.34. The van der Waals surface area contributed by atoms with Crippen molar-refractivity contribution in [3.8, 4) is 17.0 Å². The van der Waals surface area contributed by atoms with Gasteiger partial charge in [-0.3, -0.25) is 19.5 Å². The molecule has 0 radical (unpaired) electrons. The number of nitrogens with one attached hydrogen (secondary N) is 1. The lowest BCUT2D eigenvalue weighted by molar-refractivity contribution is -0.143. The van der Waals surface area contributed by atoms with Gasteiger partial charge in [-0.1, -0.05) is 25.4 Å². The van der Waals surface area contributed by atoms with Crippen molar-refractivity contribution in [2.24, 2.45) is 17.3 Å². The van der Waals surface area contributed by atoms with Crippen molar-refractivity contribution in [2.75, 3.05) is 13.1 Å². The summed E-state index contributed by atoms with van der Waals surface area (Å²) in [5.74, 6) is 0.0922. The van der Waals surface area contributed by atoms with Crippen LogP contribution in [0.25, 0.3) is 21.3 Å². The fraction of sp³-hybridized carbons (Fsp3) is 0.417. The van der Waals surface area contributed by atoms with Crippen LogP contribution in [0.15, 0.2) is 30.6 Å². The largest absolute Gasteiger partial charge is 0.473 e. The highest BCUT2D eigenvalue weighted by Gasteiger charge is 2.72. The smallest absolute Gasteiger partial charge is 0.234 e. The van der Waals surface area contributed by atoms with Crippen molar-refractivity contribution < 1.29 is 14.3 Å². The van der Waals surface area contributed by atoms with Gasteiger partial charge in [0.05, 0.1) is 33.6 Å². The second kappa shape index (κ2) is 7.48. The molecule has 170 valence electrons. The first-order valence-corrected chi connectivity index (χ1v) is 12.3. The third-order valence-electron chi connectivity index (χ3n) is 7.07. The molecule has 0 aromatic carbocycles. The molecule has 5 heterocycles. The van der Waals surface area contributed by atoms with Gasteiger partial charge in [-0.15, -0.1) is 11.3 Å². The first kappa shape index (κ1) is 21.0.